The van der Waals surface area contributed by atoms with Crippen LogP contribution >= 0.6 is 0 Å². The standard InChI is InChI=1S/C20H24N4O4/c1-14-6-8-23(9-7-14)18-4-5-20(26)24(22-18)13-19(25)21-15-2-3-16-17(12-15)28-11-10-27-16/h2-5,12,14H,6-11,13H2,1H3,(H,21,25). The number of hydrogen-bond acceptors (Lipinski definition) is 6. The fourth-order valence-corrected chi connectivity index (χ4v) is 3.42. The van der Waals surface area contributed by atoms with Crippen LogP contribution in [-0.4, -0.2) is 42.0 Å². The van der Waals surface area contributed by atoms with E-state index in [1.807, 2.05) is 0 Å². The van der Waals surface area contributed by atoms with E-state index in [1.54, 1.807) is 24.3 Å². The van der Waals surface area contributed by atoms with Gasteiger partial charge >= 0.3 is 0 Å². The van der Waals surface area contributed by atoms with E-state index in [0.29, 0.717) is 36.3 Å². The number of aromatic nitrogens is 2. The Labute approximate surface area is 163 Å². The predicted octanol–water partition coefficient (Wildman–Crippen LogP) is 1.89. The van der Waals surface area contributed by atoms with Gasteiger partial charge in [-0.1, -0.05) is 6.92 Å². The molecule has 28 heavy (non-hydrogen) atoms. The van der Waals surface area contributed by atoms with Crippen molar-refractivity contribution in [1.82, 2.24) is 9.78 Å². The Morgan fingerprint density at radius 3 is 2.68 bits per heavy atom. The van der Waals surface area contributed by atoms with E-state index in [4.69, 9.17) is 9.47 Å². The number of anilines is 2. The lowest BCUT2D eigenvalue weighted by atomic mass is 9.99. The Morgan fingerprint density at radius 1 is 1.14 bits per heavy atom. The molecule has 2 aromatic rings. The minimum absolute atomic E-state index is 0.147. The summed E-state index contributed by atoms with van der Waals surface area (Å²) in [5.41, 5.74) is 0.287. The Balaban J connectivity index is 1.44. The lowest BCUT2D eigenvalue weighted by molar-refractivity contribution is -0.117. The van der Waals surface area contributed by atoms with Crippen molar-refractivity contribution in [2.75, 3.05) is 36.5 Å². The van der Waals surface area contributed by atoms with Crippen molar-refractivity contribution in [3.05, 3.63) is 40.7 Å². The molecule has 2 aliphatic rings. The molecule has 0 radical (unpaired) electrons. The van der Waals surface area contributed by atoms with Crippen LogP contribution in [0.1, 0.15) is 19.8 Å². The fourth-order valence-electron chi connectivity index (χ4n) is 3.42. The molecular weight excluding hydrogens is 360 g/mol. The Bertz CT molecular complexity index is 919. The van der Waals surface area contributed by atoms with Crippen LogP contribution in [0.5, 0.6) is 11.5 Å². The number of piperidine rings is 1. The number of ether oxygens (including phenoxy) is 2. The number of nitrogens with zero attached hydrogens (tertiary/aromatic N) is 3. The number of carbonyl (C=O) groups is 1. The minimum Gasteiger partial charge on any atom is -0.486 e. The van der Waals surface area contributed by atoms with Gasteiger partial charge in [-0.05, 0) is 37.0 Å². The molecule has 1 fully saturated rings. The van der Waals surface area contributed by atoms with Crippen LogP contribution in [0.4, 0.5) is 11.5 Å². The highest BCUT2D eigenvalue weighted by Gasteiger charge is 2.18. The highest BCUT2D eigenvalue weighted by Crippen LogP contribution is 2.32. The van der Waals surface area contributed by atoms with Crippen molar-refractivity contribution in [3.63, 3.8) is 0 Å². The lowest BCUT2D eigenvalue weighted by Gasteiger charge is -2.31. The van der Waals surface area contributed by atoms with Gasteiger partial charge in [0.2, 0.25) is 5.91 Å². The molecule has 0 aliphatic carbocycles. The van der Waals surface area contributed by atoms with Crippen molar-refractivity contribution in [3.8, 4) is 11.5 Å². The summed E-state index contributed by atoms with van der Waals surface area (Å²) < 4.78 is 12.2. The van der Waals surface area contributed by atoms with Crippen molar-refractivity contribution in [1.29, 1.82) is 0 Å². The van der Waals surface area contributed by atoms with Crippen molar-refractivity contribution >= 4 is 17.4 Å². The summed E-state index contributed by atoms with van der Waals surface area (Å²) in [6, 6.07) is 8.42. The van der Waals surface area contributed by atoms with Gasteiger partial charge in [-0.25, -0.2) is 4.68 Å². The fraction of sp³-hybridized carbons (Fsp3) is 0.450. The first-order valence-corrected chi connectivity index (χ1v) is 9.61. The van der Waals surface area contributed by atoms with Crippen LogP contribution in [0.25, 0.3) is 0 Å². The third-order valence-electron chi connectivity index (χ3n) is 5.08. The van der Waals surface area contributed by atoms with Gasteiger partial charge in [-0.15, -0.1) is 0 Å². The summed E-state index contributed by atoms with van der Waals surface area (Å²) >= 11 is 0. The molecule has 8 heteroatoms. The van der Waals surface area contributed by atoms with Gasteiger partial charge in [0.05, 0.1) is 0 Å². The van der Waals surface area contributed by atoms with Crippen molar-refractivity contribution < 1.29 is 14.3 Å². The van der Waals surface area contributed by atoms with Gasteiger partial charge < -0.3 is 19.7 Å². The average Bonchev–Trinajstić information content (AvgIpc) is 2.70. The molecule has 4 rings (SSSR count). The molecular formula is C20H24N4O4. The molecule has 1 aromatic carbocycles. The molecule has 3 heterocycles. The molecule has 0 unspecified atom stereocenters. The third kappa shape index (κ3) is 4.11. The molecule has 1 aromatic heterocycles. The zero-order valence-corrected chi connectivity index (χ0v) is 15.9. The second-order valence-electron chi connectivity index (χ2n) is 7.26. The smallest absolute Gasteiger partial charge is 0.267 e. The summed E-state index contributed by atoms with van der Waals surface area (Å²) in [7, 11) is 0. The largest absolute Gasteiger partial charge is 0.486 e. The first-order chi connectivity index (χ1) is 13.6. The van der Waals surface area contributed by atoms with E-state index in [0.717, 1.165) is 31.7 Å². The number of carbonyl (C=O) groups excluding carboxylic acids is 1. The van der Waals surface area contributed by atoms with Crippen molar-refractivity contribution in [2.24, 2.45) is 5.92 Å². The number of fused-ring (bicyclic) bond motifs is 1. The summed E-state index contributed by atoms with van der Waals surface area (Å²) in [5.74, 6) is 2.37. The summed E-state index contributed by atoms with van der Waals surface area (Å²) in [5, 5.41) is 7.18. The van der Waals surface area contributed by atoms with Gasteiger partial charge in [0, 0.05) is 30.9 Å². The van der Waals surface area contributed by atoms with Gasteiger partial charge in [-0.2, -0.15) is 5.10 Å². The van der Waals surface area contributed by atoms with E-state index in [9.17, 15) is 9.59 Å². The molecule has 8 nitrogen and oxygen atoms in total. The van der Waals surface area contributed by atoms with E-state index >= 15 is 0 Å². The van der Waals surface area contributed by atoms with Crippen LogP contribution in [0.15, 0.2) is 35.1 Å². The molecule has 1 saturated heterocycles. The molecule has 1 amide bonds. The monoisotopic (exact) mass is 384 g/mol. The van der Waals surface area contributed by atoms with Gasteiger partial charge in [-0.3, -0.25) is 9.59 Å². The van der Waals surface area contributed by atoms with E-state index < -0.39 is 0 Å². The maximum atomic E-state index is 12.4. The van der Waals surface area contributed by atoms with Gasteiger partial charge in [0.1, 0.15) is 25.6 Å². The van der Waals surface area contributed by atoms with E-state index in [-0.39, 0.29) is 18.0 Å². The first kappa shape index (κ1) is 18.3. The van der Waals surface area contributed by atoms with Crippen molar-refractivity contribution in [2.45, 2.75) is 26.3 Å². The Morgan fingerprint density at radius 2 is 1.89 bits per heavy atom. The number of nitrogens with one attached hydrogen (secondary N) is 1. The molecule has 0 atom stereocenters. The SMILES string of the molecule is CC1CCN(c2ccc(=O)n(CC(=O)Nc3ccc4c(c3)OCCO4)n2)CC1. The quantitative estimate of drug-likeness (QED) is 0.866. The topological polar surface area (TPSA) is 85.7 Å². The number of amides is 1. The molecule has 148 valence electrons. The highest BCUT2D eigenvalue weighted by atomic mass is 16.6. The van der Waals surface area contributed by atoms with Gasteiger partial charge in [0.25, 0.3) is 5.56 Å². The van der Waals surface area contributed by atoms with E-state index in [1.165, 1.54) is 10.7 Å². The normalized spacial score (nSPS) is 16.7. The number of benzene rings is 1. The minimum atomic E-state index is -0.323. The van der Waals surface area contributed by atoms with Crippen LogP contribution in [-0.2, 0) is 11.3 Å². The highest BCUT2D eigenvalue weighted by molar-refractivity contribution is 5.90. The first-order valence-electron chi connectivity index (χ1n) is 9.61. The Hall–Kier alpha value is -3.03. The number of hydrogen-bond donors (Lipinski definition) is 1. The maximum Gasteiger partial charge on any atom is 0.267 e. The molecule has 0 bridgehead atoms. The molecule has 0 saturated carbocycles. The Kier molecular flexibility index (Phi) is 5.18. The van der Waals surface area contributed by atoms with Crippen LogP contribution in [0, 0.1) is 5.92 Å². The van der Waals surface area contributed by atoms with Crippen LogP contribution < -0.4 is 25.2 Å². The predicted molar refractivity (Wildman–Crippen MR) is 105 cm³/mol. The van der Waals surface area contributed by atoms with Gasteiger partial charge in [0.15, 0.2) is 11.5 Å². The second-order valence-corrected chi connectivity index (χ2v) is 7.26. The molecule has 0 spiro atoms. The van der Waals surface area contributed by atoms with Crippen LogP contribution in [0.3, 0.4) is 0 Å². The summed E-state index contributed by atoms with van der Waals surface area (Å²) in [6.45, 7) is 4.91. The maximum absolute atomic E-state index is 12.4. The summed E-state index contributed by atoms with van der Waals surface area (Å²) in [4.78, 5) is 26.7. The zero-order chi connectivity index (χ0) is 19.5. The number of rotatable bonds is 4. The third-order valence-corrected chi connectivity index (χ3v) is 5.08. The second kappa shape index (κ2) is 7.92. The lowest BCUT2D eigenvalue weighted by Crippen LogP contribution is -2.36. The average molecular weight is 384 g/mol. The zero-order valence-electron chi connectivity index (χ0n) is 15.9. The summed E-state index contributed by atoms with van der Waals surface area (Å²) in [6.07, 6.45) is 2.21. The van der Waals surface area contributed by atoms with Crippen LogP contribution in [0.2, 0.25) is 0 Å². The van der Waals surface area contributed by atoms with E-state index in [2.05, 4.69) is 22.2 Å². The molecule has 1 N–H and O–H groups in total. The molecule has 2 aliphatic heterocycles.